The standard InChI is InChI=1S/C14H24N2O/c1-10(2)12-4-6-13(7-5-12)15-9-14-16-8-11(3)17-14/h8,10,12-13,15H,4-7,9H2,1-3H3. The van der Waals surface area contributed by atoms with Gasteiger partial charge in [-0.05, 0) is 44.4 Å². The molecular weight excluding hydrogens is 212 g/mol. The van der Waals surface area contributed by atoms with Crippen LogP contribution in [0.15, 0.2) is 10.6 Å². The lowest BCUT2D eigenvalue weighted by molar-refractivity contribution is 0.235. The first kappa shape index (κ1) is 12.6. The van der Waals surface area contributed by atoms with Crippen LogP contribution >= 0.6 is 0 Å². The minimum absolute atomic E-state index is 0.650. The lowest BCUT2D eigenvalue weighted by Gasteiger charge is -2.31. The van der Waals surface area contributed by atoms with Gasteiger partial charge in [0.1, 0.15) is 5.76 Å². The van der Waals surface area contributed by atoms with Gasteiger partial charge in [-0.15, -0.1) is 0 Å². The molecule has 3 nitrogen and oxygen atoms in total. The van der Waals surface area contributed by atoms with E-state index in [1.54, 1.807) is 6.20 Å². The van der Waals surface area contributed by atoms with Gasteiger partial charge >= 0.3 is 0 Å². The Morgan fingerprint density at radius 2 is 2.06 bits per heavy atom. The van der Waals surface area contributed by atoms with Crippen molar-refractivity contribution in [1.29, 1.82) is 0 Å². The molecule has 0 saturated heterocycles. The Balaban J connectivity index is 1.71. The Kier molecular flexibility index (Phi) is 4.21. The predicted molar refractivity (Wildman–Crippen MR) is 68.7 cm³/mol. The summed E-state index contributed by atoms with van der Waals surface area (Å²) in [6.45, 7) is 7.39. The number of aryl methyl sites for hydroxylation is 1. The molecule has 1 N–H and O–H groups in total. The van der Waals surface area contributed by atoms with E-state index in [-0.39, 0.29) is 0 Å². The average Bonchev–Trinajstić information content (AvgIpc) is 2.73. The fourth-order valence-electron chi connectivity index (χ4n) is 2.70. The van der Waals surface area contributed by atoms with Gasteiger partial charge in [0.2, 0.25) is 5.89 Å². The molecule has 0 aliphatic heterocycles. The Morgan fingerprint density at radius 1 is 1.35 bits per heavy atom. The summed E-state index contributed by atoms with van der Waals surface area (Å²) in [5.74, 6) is 3.47. The lowest BCUT2D eigenvalue weighted by atomic mass is 9.80. The highest BCUT2D eigenvalue weighted by Crippen LogP contribution is 2.29. The SMILES string of the molecule is Cc1cnc(CNC2CCC(C(C)C)CC2)o1. The van der Waals surface area contributed by atoms with Crippen LogP contribution in [0.1, 0.15) is 51.2 Å². The number of nitrogens with zero attached hydrogens (tertiary/aromatic N) is 1. The van der Waals surface area contributed by atoms with Crippen molar-refractivity contribution in [1.82, 2.24) is 10.3 Å². The van der Waals surface area contributed by atoms with E-state index in [1.807, 2.05) is 6.92 Å². The number of oxazole rings is 1. The first-order chi connectivity index (χ1) is 8.15. The maximum atomic E-state index is 5.46. The van der Waals surface area contributed by atoms with E-state index in [1.165, 1.54) is 25.7 Å². The average molecular weight is 236 g/mol. The Hall–Kier alpha value is -0.830. The minimum Gasteiger partial charge on any atom is -0.445 e. The normalized spacial score (nSPS) is 25.4. The van der Waals surface area contributed by atoms with E-state index in [9.17, 15) is 0 Å². The fourth-order valence-corrected chi connectivity index (χ4v) is 2.70. The lowest BCUT2D eigenvalue weighted by Crippen LogP contribution is -2.33. The molecule has 1 heterocycles. The van der Waals surface area contributed by atoms with Gasteiger partial charge < -0.3 is 9.73 Å². The summed E-state index contributed by atoms with van der Waals surface area (Å²) in [5.41, 5.74) is 0. The van der Waals surface area contributed by atoms with Crippen LogP contribution in [0.4, 0.5) is 0 Å². The van der Waals surface area contributed by atoms with E-state index in [0.717, 1.165) is 30.0 Å². The molecule has 96 valence electrons. The second-order valence-corrected chi connectivity index (χ2v) is 5.60. The topological polar surface area (TPSA) is 38.1 Å². The summed E-state index contributed by atoms with van der Waals surface area (Å²) >= 11 is 0. The summed E-state index contributed by atoms with van der Waals surface area (Å²) in [6.07, 6.45) is 7.09. The van der Waals surface area contributed by atoms with Crippen molar-refractivity contribution in [3.05, 3.63) is 17.8 Å². The summed E-state index contributed by atoms with van der Waals surface area (Å²) < 4.78 is 5.46. The molecule has 1 aromatic heterocycles. The van der Waals surface area contributed by atoms with Crippen molar-refractivity contribution < 1.29 is 4.42 Å². The van der Waals surface area contributed by atoms with Crippen LogP contribution < -0.4 is 5.32 Å². The number of aromatic nitrogens is 1. The van der Waals surface area contributed by atoms with E-state index < -0.39 is 0 Å². The van der Waals surface area contributed by atoms with Gasteiger partial charge in [-0.25, -0.2) is 4.98 Å². The first-order valence-corrected chi connectivity index (χ1v) is 6.80. The minimum atomic E-state index is 0.650. The zero-order valence-corrected chi connectivity index (χ0v) is 11.2. The van der Waals surface area contributed by atoms with Crippen molar-refractivity contribution in [2.45, 2.75) is 59.0 Å². The van der Waals surface area contributed by atoms with Gasteiger partial charge in [0.05, 0.1) is 12.7 Å². The fraction of sp³-hybridized carbons (Fsp3) is 0.786. The molecule has 0 atom stereocenters. The molecule has 0 amide bonds. The van der Waals surface area contributed by atoms with Gasteiger partial charge in [0.25, 0.3) is 0 Å². The van der Waals surface area contributed by atoms with Crippen molar-refractivity contribution >= 4 is 0 Å². The van der Waals surface area contributed by atoms with Crippen LogP contribution in [0.5, 0.6) is 0 Å². The van der Waals surface area contributed by atoms with E-state index in [4.69, 9.17) is 4.42 Å². The first-order valence-electron chi connectivity index (χ1n) is 6.80. The Labute approximate surface area is 104 Å². The molecule has 0 spiro atoms. The highest BCUT2D eigenvalue weighted by Gasteiger charge is 2.22. The summed E-state index contributed by atoms with van der Waals surface area (Å²) in [6, 6.07) is 0.650. The van der Waals surface area contributed by atoms with Crippen LogP contribution in [0.3, 0.4) is 0 Å². The Morgan fingerprint density at radius 3 is 2.59 bits per heavy atom. The van der Waals surface area contributed by atoms with Crippen LogP contribution in [-0.4, -0.2) is 11.0 Å². The third kappa shape index (κ3) is 3.56. The molecule has 0 unspecified atom stereocenters. The van der Waals surface area contributed by atoms with Crippen molar-refractivity contribution in [2.24, 2.45) is 11.8 Å². The monoisotopic (exact) mass is 236 g/mol. The number of rotatable bonds is 4. The molecule has 1 saturated carbocycles. The zero-order valence-electron chi connectivity index (χ0n) is 11.2. The van der Waals surface area contributed by atoms with Crippen molar-refractivity contribution in [2.75, 3.05) is 0 Å². The Bertz CT molecular complexity index is 338. The molecule has 2 rings (SSSR count). The van der Waals surface area contributed by atoms with Gasteiger partial charge in [-0.2, -0.15) is 0 Å². The molecule has 1 aromatic rings. The van der Waals surface area contributed by atoms with E-state index >= 15 is 0 Å². The second-order valence-electron chi connectivity index (χ2n) is 5.60. The van der Waals surface area contributed by atoms with Gasteiger partial charge in [0.15, 0.2) is 0 Å². The van der Waals surface area contributed by atoms with Gasteiger partial charge in [0, 0.05) is 6.04 Å². The summed E-state index contributed by atoms with van der Waals surface area (Å²) in [4.78, 5) is 4.21. The summed E-state index contributed by atoms with van der Waals surface area (Å²) in [7, 11) is 0. The molecule has 1 aliphatic carbocycles. The van der Waals surface area contributed by atoms with E-state index in [0.29, 0.717) is 6.04 Å². The molecule has 3 heteroatoms. The second kappa shape index (κ2) is 5.67. The van der Waals surface area contributed by atoms with Crippen LogP contribution in [0, 0.1) is 18.8 Å². The number of hydrogen-bond acceptors (Lipinski definition) is 3. The quantitative estimate of drug-likeness (QED) is 0.871. The molecule has 1 aliphatic rings. The van der Waals surface area contributed by atoms with E-state index in [2.05, 4.69) is 24.1 Å². The number of hydrogen-bond donors (Lipinski definition) is 1. The summed E-state index contributed by atoms with van der Waals surface area (Å²) in [5, 5.41) is 3.55. The van der Waals surface area contributed by atoms with Crippen molar-refractivity contribution in [3.8, 4) is 0 Å². The van der Waals surface area contributed by atoms with Crippen LogP contribution in [0.25, 0.3) is 0 Å². The zero-order chi connectivity index (χ0) is 12.3. The smallest absolute Gasteiger partial charge is 0.208 e. The molecule has 1 fully saturated rings. The highest BCUT2D eigenvalue weighted by atomic mass is 16.4. The van der Waals surface area contributed by atoms with Gasteiger partial charge in [-0.3, -0.25) is 0 Å². The van der Waals surface area contributed by atoms with Crippen LogP contribution in [-0.2, 0) is 6.54 Å². The molecular formula is C14H24N2O. The third-order valence-electron chi connectivity index (χ3n) is 3.93. The predicted octanol–water partition coefficient (Wildman–Crippen LogP) is 3.29. The molecule has 0 bridgehead atoms. The molecule has 17 heavy (non-hydrogen) atoms. The highest BCUT2D eigenvalue weighted by molar-refractivity contribution is 4.91. The largest absolute Gasteiger partial charge is 0.445 e. The maximum absolute atomic E-state index is 5.46. The molecule has 0 radical (unpaired) electrons. The van der Waals surface area contributed by atoms with Crippen LogP contribution in [0.2, 0.25) is 0 Å². The number of nitrogens with one attached hydrogen (secondary N) is 1. The van der Waals surface area contributed by atoms with Crippen molar-refractivity contribution in [3.63, 3.8) is 0 Å². The molecule has 0 aromatic carbocycles. The van der Waals surface area contributed by atoms with Gasteiger partial charge in [-0.1, -0.05) is 13.8 Å². The third-order valence-corrected chi connectivity index (χ3v) is 3.93. The maximum Gasteiger partial charge on any atom is 0.208 e.